The van der Waals surface area contributed by atoms with Gasteiger partial charge in [-0.3, -0.25) is 0 Å². The van der Waals surface area contributed by atoms with Crippen molar-refractivity contribution in [1.82, 2.24) is 0 Å². The lowest BCUT2D eigenvalue weighted by Gasteiger charge is -2.29. The molecular formula is C48H33NS. The molecule has 0 bridgehead atoms. The van der Waals surface area contributed by atoms with Gasteiger partial charge in [0.1, 0.15) is 0 Å². The fourth-order valence-electron chi connectivity index (χ4n) is 7.15. The van der Waals surface area contributed by atoms with Crippen molar-refractivity contribution >= 4 is 48.6 Å². The molecule has 236 valence electrons. The van der Waals surface area contributed by atoms with E-state index in [1.807, 2.05) is 11.3 Å². The van der Waals surface area contributed by atoms with E-state index in [2.05, 4.69) is 205 Å². The summed E-state index contributed by atoms with van der Waals surface area (Å²) in [5.41, 5.74) is 13.0. The molecule has 0 unspecified atom stereocenters. The number of fused-ring (bicyclic) bond motifs is 3. The number of benzene rings is 8. The summed E-state index contributed by atoms with van der Waals surface area (Å²) in [4.78, 5) is 2.43. The number of rotatable bonds is 7. The van der Waals surface area contributed by atoms with Crippen LogP contribution in [0.3, 0.4) is 0 Å². The lowest BCUT2D eigenvalue weighted by molar-refractivity contribution is 1.29. The number of hydrogen-bond acceptors (Lipinski definition) is 2. The molecule has 2 heteroatoms. The molecule has 0 N–H and O–H groups in total. The Kier molecular flexibility index (Phi) is 7.77. The van der Waals surface area contributed by atoms with Gasteiger partial charge in [0.2, 0.25) is 0 Å². The van der Waals surface area contributed by atoms with Gasteiger partial charge in [-0.05, 0) is 81.4 Å². The Bertz CT molecular complexity index is 2580. The van der Waals surface area contributed by atoms with E-state index in [1.54, 1.807) is 0 Å². The van der Waals surface area contributed by atoms with E-state index < -0.39 is 0 Å². The third kappa shape index (κ3) is 5.46. The molecule has 0 aliphatic carbocycles. The van der Waals surface area contributed by atoms with Crippen LogP contribution in [0, 0.1) is 0 Å². The van der Waals surface area contributed by atoms with Gasteiger partial charge in [-0.1, -0.05) is 158 Å². The Morgan fingerprint density at radius 1 is 0.300 bits per heavy atom. The average molecular weight is 656 g/mol. The Labute approximate surface area is 297 Å². The van der Waals surface area contributed by atoms with Gasteiger partial charge in [0.05, 0.1) is 5.69 Å². The summed E-state index contributed by atoms with van der Waals surface area (Å²) < 4.78 is 2.61. The zero-order chi connectivity index (χ0) is 33.3. The summed E-state index contributed by atoms with van der Waals surface area (Å²) in [5, 5.41) is 2.58. The Hall–Kier alpha value is -6.22. The lowest BCUT2D eigenvalue weighted by Crippen LogP contribution is -2.11. The third-order valence-electron chi connectivity index (χ3n) is 9.52. The van der Waals surface area contributed by atoms with Crippen LogP contribution < -0.4 is 4.90 Å². The molecule has 0 radical (unpaired) electrons. The molecule has 0 saturated carbocycles. The van der Waals surface area contributed by atoms with Crippen molar-refractivity contribution in [1.29, 1.82) is 0 Å². The van der Waals surface area contributed by atoms with Crippen LogP contribution in [0.4, 0.5) is 17.1 Å². The van der Waals surface area contributed by atoms with Crippen molar-refractivity contribution in [2.24, 2.45) is 0 Å². The van der Waals surface area contributed by atoms with Crippen molar-refractivity contribution in [3.8, 4) is 44.5 Å². The second-order valence-corrected chi connectivity index (χ2v) is 13.6. The van der Waals surface area contributed by atoms with Gasteiger partial charge < -0.3 is 4.90 Å². The van der Waals surface area contributed by atoms with E-state index in [0.717, 1.165) is 17.1 Å². The first-order valence-electron chi connectivity index (χ1n) is 17.0. The first-order valence-corrected chi connectivity index (χ1v) is 17.8. The van der Waals surface area contributed by atoms with Gasteiger partial charge >= 0.3 is 0 Å². The van der Waals surface area contributed by atoms with Crippen LogP contribution in [0.25, 0.3) is 64.7 Å². The van der Waals surface area contributed by atoms with Crippen LogP contribution in [0.5, 0.6) is 0 Å². The maximum absolute atomic E-state index is 2.43. The van der Waals surface area contributed by atoms with Gasteiger partial charge in [-0.2, -0.15) is 0 Å². The Morgan fingerprint density at radius 2 is 0.780 bits per heavy atom. The van der Waals surface area contributed by atoms with Gasteiger partial charge in [-0.25, -0.2) is 0 Å². The maximum Gasteiger partial charge on any atom is 0.0540 e. The molecule has 0 aliphatic heterocycles. The largest absolute Gasteiger partial charge is 0.310 e. The molecular weight excluding hydrogens is 623 g/mol. The number of anilines is 3. The summed E-state index contributed by atoms with van der Waals surface area (Å²) >= 11 is 1.85. The SMILES string of the molecule is c1ccc(-c2ccc(N(c3ccc4sc5ccccc5c4c3)c3ccccc3-c3ccccc3-c3ccccc3-c3ccccc3)cc2)cc1. The highest BCUT2D eigenvalue weighted by Gasteiger charge is 2.21. The molecule has 1 aromatic heterocycles. The molecule has 8 aromatic carbocycles. The minimum atomic E-state index is 1.11. The predicted molar refractivity (Wildman–Crippen MR) is 216 cm³/mol. The van der Waals surface area contributed by atoms with Crippen LogP contribution in [-0.2, 0) is 0 Å². The quantitative estimate of drug-likeness (QED) is 0.165. The minimum Gasteiger partial charge on any atom is -0.310 e. The van der Waals surface area contributed by atoms with Crippen molar-refractivity contribution in [3.63, 3.8) is 0 Å². The highest BCUT2D eigenvalue weighted by atomic mass is 32.1. The summed E-state index contributed by atoms with van der Waals surface area (Å²) in [6.45, 7) is 0. The van der Waals surface area contributed by atoms with Crippen LogP contribution >= 0.6 is 11.3 Å². The summed E-state index contributed by atoms with van der Waals surface area (Å²) in [6.07, 6.45) is 0. The Morgan fingerprint density at radius 3 is 1.50 bits per heavy atom. The zero-order valence-electron chi connectivity index (χ0n) is 27.4. The monoisotopic (exact) mass is 655 g/mol. The fourth-order valence-corrected chi connectivity index (χ4v) is 8.24. The summed E-state index contributed by atoms with van der Waals surface area (Å²) in [6, 6.07) is 72.4. The van der Waals surface area contributed by atoms with Crippen LogP contribution in [0.2, 0.25) is 0 Å². The zero-order valence-corrected chi connectivity index (χ0v) is 28.2. The van der Waals surface area contributed by atoms with Crippen molar-refractivity contribution in [2.75, 3.05) is 4.90 Å². The standard InChI is InChI=1S/C48H33NS/c1-3-15-34(16-4-1)35-27-29-37(30-28-35)49(38-31-32-48-45(33-38)44-24-12-14-26-47(44)50-48)46-25-13-11-23-43(46)42-22-10-9-21-41(42)40-20-8-7-19-39(40)36-17-5-2-6-18-36/h1-33H. The molecule has 0 aliphatic rings. The fraction of sp³-hybridized carbons (Fsp3) is 0. The normalized spacial score (nSPS) is 11.2. The first-order chi connectivity index (χ1) is 24.8. The van der Waals surface area contributed by atoms with Gasteiger partial charge in [-0.15, -0.1) is 11.3 Å². The van der Waals surface area contributed by atoms with Crippen molar-refractivity contribution < 1.29 is 0 Å². The van der Waals surface area contributed by atoms with Crippen LogP contribution in [0.1, 0.15) is 0 Å². The van der Waals surface area contributed by atoms with E-state index in [0.29, 0.717) is 0 Å². The molecule has 0 atom stereocenters. The molecule has 0 amide bonds. The topological polar surface area (TPSA) is 3.24 Å². The van der Waals surface area contributed by atoms with Crippen LogP contribution in [-0.4, -0.2) is 0 Å². The third-order valence-corrected chi connectivity index (χ3v) is 10.7. The molecule has 0 fully saturated rings. The van der Waals surface area contributed by atoms with Crippen LogP contribution in [0.15, 0.2) is 200 Å². The number of nitrogens with zero attached hydrogens (tertiary/aromatic N) is 1. The molecule has 0 spiro atoms. The minimum absolute atomic E-state index is 1.11. The van der Waals surface area contributed by atoms with E-state index >= 15 is 0 Å². The smallest absolute Gasteiger partial charge is 0.0540 e. The van der Waals surface area contributed by atoms with E-state index in [4.69, 9.17) is 0 Å². The highest BCUT2D eigenvalue weighted by Crippen LogP contribution is 2.46. The van der Waals surface area contributed by atoms with Gasteiger partial charge in [0.15, 0.2) is 0 Å². The van der Waals surface area contributed by atoms with E-state index in [9.17, 15) is 0 Å². The molecule has 9 rings (SSSR count). The molecule has 1 nitrogen and oxygen atoms in total. The van der Waals surface area contributed by atoms with Crippen molar-refractivity contribution in [2.45, 2.75) is 0 Å². The van der Waals surface area contributed by atoms with E-state index in [-0.39, 0.29) is 0 Å². The van der Waals surface area contributed by atoms with E-state index in [1.165, 1.54) is 64.7 Å². The summed E-state index contributed by atoms with van der Waals surface area (Å²) in [7, 11) is 0. The second-order valence-electron chi connectivity index (χ2n) is 12.5. The highest BCUT2D eigenvalue weighted by molar-refractivity contribution is 7.25. The number of para-hydroxylation sites is 1. The van der Waals surface area contributed by atoms with Gasteiger partial charge in [0.25, 0.3) is 0 Å². The van der Waals surface area contributed by atoms with Crippen molar-refractivity contribution in [3.05, 3.63) is 200 Å². The number of thiophene rings is 1. The number of hydrogen-bond donors (Lipinski definition) is 0. The van der Waals surface area contributed by atoms with Gasteiger partial charge in [0, 0.05) is 37.1 Å². The maximum atomic E-state index is 2.43. The summed E-state index contributed by atoms with van der Waals surface area (Å²) in [5.74, 6) is 0. The lowest BCUT2D eigenvalue weighted by atomic mass is 9.88. The first kappa shape index (κ1) is 29.9. The molecule has 50 heavy (non-hydrogen) atoms. The Balaban J connectivity index is 1.25. The molecule has 9 aromatic rings. The predicted octanol–water partition coefficient (Wildman–Crippen LogP) is 14.2. The molecule has 0 saturated heterocycles. The average Bonchev–Trinajstić information content (AvgIpc) is 3.57. The molecule has 1 heterocycles. The second kappa shape index (κ2) is 13.0.